The molecule has 0 atom stereocenters. The molecule has 0 bridgehead atoms. The second-order valence-corrected chi connectivity index (χ2v) is 21.6. The van der Waals surface area contributed by atoms with Crippen molar-refractivity contribution >= 4 is 87.0 Å². The Kier molecular flexibility index (Phi) is 10.6. The van der Waals surface area contributed by atoms with Crippen molar-refractivity contribution in [1.82, 2.24) is 10.2 Å². The molecule has 3 aromatic heterocycles. The SMILES string of the molecule is c1ccc2c(-c3ccc4oc5c(-c6ccc(-c7nnc(-c8ccc(-c9cc(-c%10cccc%11ccccc%10%11)cc%10c9oc9ccc(-c%11cccc%12ccccc%11%12)cc9%10)cc8)o7)cc6)cc(-c6cccc7ccccc67)cc5c4c3)cccc2c1. The molecule has 5 nitrogen and oxygen atoms in total. The van der Waals surface area contributed by atoms with Gasteiger partial charge in [-0.1, -0.05) is 206 Å². The predicted molar refractivity (Wildman–Crippen MR) is 342 cm³/mol. The van der Waals surface area contributed by atoms with Crippen LogP contribution in [0.3, 0.4) is 0 Å². The minimum atomic E-state index is 0.435. The number of hydrogen-bond acceptors (Lipinski definition) is 5. The summed E-state index contributed by atoms with van der Waals surface area (Å²) in [6.07, 6.45) is 0. The van der Waals surface area contributed by atoms with Gasteiger partial charge < -0.3 is 13.3 Å². The van der Waals surface area contributed by atoms with E-state index in [2.05, 4.69) is 289 Å². The summed E-state index contributed by atoms with van der Waals surface area (Å²) in [5.74, 6) is 0.870. The second kappa shape index (κ2) is 18.7. The molecule has 0 aliphatic carbocycles. The van der Waals surface area contributed by atoms with Gasteiger partial charge in [0, 0.05) is 43.8 Å². The normalized spacial score (nSPS) is 11.9. The molecule has 0 unspecified atom stereocenters. The summed E-state index contributed by atoms with van der Waals surface area (Å²) in [6, 6.07) is 99.4. The Bertz CT molecular complexity index is 5090. The fourth-order valence-corrected chi connectivity index (χ4v) is 12.8. The summed E-state index contributed by atoms with van der Waals surface area (Å²) in [7, 11) is 0. The second-order valence-electron chi connectivity index (χ2n) is 21.6. The van der Waals surface area contributed by atoms with E-state index in [1.165, 1.54) is 54.2 Å². The lowest BCUT2D eigenvalue weighted by atomic mass is 9.92. The van der Waals surface area contributed by atoms with Gasteiger partial charge in [0.05, 0.1) is 0 Å². The first kappa shape index (κ1) is 46.7. The number of fused-ring (bicyclic) bond motifs is 10. The molecule has 3 heterocycles. The highest BCUT2D eigenvalue weighted by Gasteiger charge is 2.21. The number of hydrogen-bond donors (Lipinski definition) is 0. The molecule has 17 rings (SSSR count). The largest absolute Gasteiger partial charge is 0.455 e. The molecule has 0 aliphatic heterocycles. The van der Waals surface area contributed by atoms with E-state index in [0.717, 1.165) is 111 Å². The lowest BCUT2D eigenvalue weighted by Crippen LogP contribution is -1.86. The molecule has 386 valence electrons. The summed E-state index contributed by atoms with van der Waals surface area (Å²) in [5, 5.41) is 23.1. The molecule has 0 N–H and O–H groups in total. The Hall–Kier alpha value is -11.1. The van der Waals surface area contributed by atoms with Gasteiger partial charge in [-0.15, -0.1) is 10.2 Å². The minimum absolute atomic E-state index is 0.435. The third kappa shape index (κ3) is 7.78. The number of furan rings is 2. The van der Waals surface area contributed by atoms with Gasteiger partial charge in [0.1, 0.15) is 22.3 Å². The molecule has 0 spiro atoms. The van der Waals surface area contributed by atoms with Gasteiger partial charge in [-0.25, -0.2) is 0 Å². The zero-order valence-corrected chi connectivity index (χ0v) is 44.7. The predicted octanol–water partition coefficient (Wildman–Crippen LogP) is 21.8. The molecule has 5 heteroatoms. The minimum Gasteiger partial charge on any atom is -0.455 e. The van der Waals surface area contributed by atoms with Crippen LogP contribution in [-0.4, -0.2) is 10.2 Å². The average Bonchev–Trinajstić information content (AvgIpc) is 4.51. The molecule has 17 aromatic rings. The monoisotopic (exact) mass is 1060 g/mol. The highest BCUT2D eigenvalue weighted by Crippen LogP contribution is 2.46. The first-order chi connectivity index (χ1) is 41.1. The van der Waals surface area contributed by atoms with Gasteiger partial charge >= 0.3 is 0 Å². The number of rotatable bonds is 8. The fraction of sp³-hybridized carbons (Fsp3) is 0. The van der Waals surface area contributed by atoms with Crippen LogP contribution in [0.1, 0.15) is 0 Å². The molecule has 0 radical (unpaired) electrons. The maximum atomic E-state index is 6.86. The summed E-state index contributed by atoms with van der Waals surface area (Å²) < 4.78 is 20.2. The van der Waals surface area contributed by atoms with Crippen molar-refractivity contribution in [2.45, 2.75) is 0 Å². The van der Waals surface area contributed by atoms with E-state index in [0.29, 0.717) is 11.8 Å². The van der Waals surface area contributed by atoms with E-state index in [-0.39, 0.29) is 0 Å². The Labute approximate surface area is 476 Å². The zero-order chi connectivity index (χ0) is 54.5. The molecule has 0 fully saturated rings. The molecule has 0 aliphatic rings. The van der Waals surface area contributed by atoms with Gasteiger partial charge in [0.2, 0.25) is 11.8 Å². The van der Waals surface area contributed by atoms with Gasteiger partial charge in [0.25, 0.3) is 0 Å². The zero-order valence-electron chi connectivity index (χ0n) is 44.7. The summed E-state index contributed by atoms with van der Waals surface area (Å²) in [5.41, 5.74) is 18.2. The molecule has 0 amide bonds. The van der Waals surface area contributed by atoms with Crippen LogP contribution in [0, 0.1) is 0 Å². The maximum Gasteiger partial charge on any atom is 0.248 e. The number of nitrogens with zero attached hydrogens (tertiary/aromatic N) is 2. The van der Waals surface area contributed by atoms with E-state index < -0.39 is 0 Å². The molecular formula is C78H46N2O3. The van der Waals surface area contributed by atoms with Gasteiger partial charge in [-0.05, 0) is 172 Å². The summed E-state index contributed by atoms with van der Waals surface area (Å²) in [4.78, 5) is 0. The Morgan fingerprint density at radius 2 is 0.494 bits per heavy atom. The van der Waals surface area contributed by atoms with Crippen LogP contribution in [-0.2, 0) is 0 Å². The van der Waals surface area contributed by atoms with Crippen LogP contribution in [0.2, 0.25) is 0 Å². The number of benzene rings is 14. The van der Waals surface area contributed by atoms with E-state index in [4.69, 9.17) is 13.3 Å². The Balaban J connectivity index is 0.731. The molecule has 0 saturated carbocycles. The van der Waals surface area contributed by atoms with E-state index in [9.17, 15) is 0 Å². The van der Waals surface area contributed by atoms with Crippen LogP contribution in [0.15, 0.2) is 292 Å². The van der Waals surface area contributed by atoms with Gasteiger partial charge in [-0.3, -0.25) is 0 Å². The van der Waals surface area contributed by atoms with Gasteiger partial charge in [0.15, 0.2) is 0 Å². The molecular weight excluding hydrogens is 1010 g/mol. The van der Waals surface area contributed by atoms with Crippen molar-refractivity contribution in [3.8, 4) is 89.7 Å². The summed E-state index contributed by atoms with van der Waals surface area (Å²) in [6.45, 7) is 0. The quantitative estimate of drug-likeness (QED) is 0.152. The van der Waals surface area contributed by atoms with Crippen LogP contribution in [0.4, 0.5) is 0 Å². The lowest BCUT2D eigenvalue weighted by Gasteiger charge is -2.11. The molecule has 14 aromatic carbocycles. The van der Waals surface area contributed by atoms with Crippen LogP contribution >= 0.6 is 0 Å². The van der Waals surface area contributed by atoms with Crippen molar-refractivity contribution in [2.24, 2.45) is 0 Å². The van der Waals surface area contributed by atoms with Crippen molar-refractivity contribution in [2.75, 3.05) is 0 Å². The Morgan fingerprint density at radius 1 is 0.193 bits per heavy atom. The first-order valence-corrected chi connectivity index (χ1v) is 28.1. The first-order valence-electron chi connectivity index (χ1n) is 28.1. The van der Waals surface area contributed by atoms with Gasteiger partial charge in [-0.2, -0.15) is 0 Å². The standard InChI is InChI=1S/C78H46N2O3/c1-5-21-59-47(13-1)17-9-25-63(59)55-37-39-73-69(41-55)71-45-57(65-27-11-19-49-15-3-7-23-61(49)65)43-67(75(71)81-73)51-29-33-53(34-30-51)77-79-80-78(83-77)54-35-31-52(32-36-54)68-44-58(66-28-12-20-50-16-4-8-24-62(50)66)46-72-70-42-56(38-40-74(70)82-76(68)72)64-26-10-18-48-14-2-6-22-60(48)64/h1-46H. The highest BCUT2D eigenvalue weighted by molar-refractivity contribution is 6.16. The summed E-state index contributed by atoms with van der Waals surface area (Å²) >= 11 is 0. The van der Waals surface area contributed by atoms with Crippen molar-refractivity contribution in [3.05, 3.63) is 279 Å². The topological polar surface area (TPSA) is 65.2 Å². The third-order valence-corrected chi connectivity index (χ3v) is 16.9. The van der Waals surface area contributed by atoms with Crippen LogP contribution in [0.25, 0.3) is 177 Å². The molecule has 0 saturated heterocycles. The highest BCUT2D eigenvalue weighted by atomic mass is 16.4. The van der Waals surface area contributed by atoms with E-state index in [1.807, 2.05) is 0 Å². The lowest BCUT2D eigenvalue weighted by molar-refractivity contribution is 0.584. The smallest absolute Gasteiger partial charge is 0.248 e. The Morgan fingerprint density at radius 3 is 0.867 bits per heavy atom. The third-order valence-electron chi connectivity index (χ3n) is 16.9. The average molecular weight is 1060 g/mol. The van der Waals surface area contributed by atoms with E-state index in [1.54, 1.807) is 0 Å². The maximum absolute atomic E-state index is 6.86. The van der Waals surface area contributed by atoms with Crippen molar-refractivity contribution in [1.29, 1.82) is 0 Å². The van der Waals surface area contributed by atoms with Crippen LogP contribution < -0.4 is 0 Å². The van der Waals surface area contributed by atoms with E-state index >= 15 is 0 Å². The van der Waals surface area contributed by atoms with Crippen molar-refractivity contribution < 1.29 is 13.3 Å². The number of aromatic nitrogens is 2. The molecule has 83 heavy (non-hydrogen) atoms. The van der Waals surface area contributed by atoms with Crippen LogP contribution in [0.5, 0.6) is 0 Å². The van der Waals surface area contributed by atoms with Crippen molar-refractivity contribution in [3.63, 3.8) is 0 Å². The fourth-order valence-electron chi connectivity index (χ4n) is 12.8.